The lowest BCUT2D eigenvalue weighted by Crippen LogP contribution is -2.20. The Kier molecular flexibility index (Phi) is 5.22. The molecule has 2 unspecified atom stereocenters. The van der Waals surface area contributed by atoms with Gasteiger partial charge in [0.2, 0.25) is 0 Å². The van der Waals surface area contributed by atoms with Crippen molar-refractivity contribution >= 4 is 25.8 Å². The van der Waals surface area contributed by atoms with Gasteiger partial charge in [0.1, 0.15) is 0 Å². The Balaban J connectivity index is 2.12. The van der Waals surface area contributed by atoms with Gasteiger partial charge in [0, 0.05) is 6.26 Å². The van der Waals surface area contributed by atoms with Gasteiger partial charge < -0.3 is 0 Å². The molecule has 0 aromatic heterocycles. The van der Waals surface area contributed by atoms with Crippen molar-refractivity contribution < 1.29 is 8.42 Å². The van der Waals surface area contributed by atoms with Crippen LogP contribution in [0.25, 0.3) is 0 Å². The highest BCUT2D eigenvalue weighted by molar-refractivity contribution is 9.09. The van der Waals surface area contributed by atoms with Crippen LogP contribution in [0.15, 0.2) is 54.6 Å². The monoisotopic (exact) mass is 366 g/mol. The highest BCUT2D eigenvalue weighted by Gasteiger charge is 2.24. The van der Waals surface area contributed by atoms with Crippen LogP contribution in [0.2, 0.25) is 0 Å². The maximum atomic E-state index is 11.6. The maximum Gasteiger partial charge on any atom is 0.151 e. The van der Waals surface area contributed by atoms with E-state index in [1.165, 1.54) is 17.4 Å². The van der Waals surface area contributed by atoms with Crippen LogP contribution in [0.3, 0.4) is 0 Å². The van der Waals surface area contributed by atoms with Gasteiger partial charge in [0.05, 0.1) is 10.1 Å². The molecule has 21 heavy (non-hydrogen) atoms. The molecule has 0 bridgehead atoms. The predicted molar refractivity (Wildman–Crippen MR) is 91.7 cm³/mol. The van der Waals surface area contributed by atoms with E-state index in [1.54, 1.807) is 6.92 Å². The van der Waals surface area contributed by atoms with E-state index in [4.69, 9.17) is 0 Å². The van der Waals surface area contributed by atoms with Crippen molar-refractivity contribution in [2.45, 2.75) is 23.4 Å². The van der Waals surface area contributed by atoms with Gasteiger partial charge in [-0.3, -0.25) is 0 Å². The summed E-state index contributed by atoms with van der Waals surface area (Å²) in [4.78, 5) is -0.182. The Bertz CT molecular complexity index is 678. The average molecular weight is 367 g/mol. The third-order valence-corrected chi connectivity index (χ3v) is 6.93. The van der Waals surface area contributed by atoms with Crippen LogP contribution in [0.4, 0.5) is 0 Å². The van der Waals surface area contributed by atoms with Gasteiger partial charge in [0.15, 0.2) is 9.84 Å². The molecule has 4 heteroatoms. The lowest BCUT2D eigenvalue weighted by Gasteiger charge is -2.17. The van der Waals surface area contributed by atoms with Gasteiger partial charge in [0.25, 0.3) is 0 Å². The summed E-state index contributed by atoms with van der Waals surface area (Å²) in [6.07, 6.45) is 2.16. The molecule has 0 N–H and O–H groups in total. The zero-order valence-electron chi connectivity index (χ0n) is 12.2. The van der Waals surface area contributed by atoms with Crippen molar-refractivity contribution in [1.29, 1.82) is 0 Å². The van der Waals surface area contributed by atoms with Gasteiger partial charge in [-0.2, -0.15) is 0 Å². The molecule has 2 aromatic rings. The van der Waals surface area contributed by atoms with Crippen molar-refractivity contribution in [2.75, 3.05) is 6.26 Å². The van der Waals surface area contributed by atoms with Gasteiger partial charge in [-0.1, -0.05) is 70.5 Å². The smallest absolute Gasteiger partial charge is 0.151 e. The molecule has 2 aromatic carbocycles. The Hall–Kier alpha value is -1.13. The molecule has 2 atom stereocenters. The fraction of sp³-hybridized carbons (Fsp3) is 0.294. The summed E-state index contributed by atoms with van der Waals surface area (Å²) in [5.74, 6) is 0. The topological polar surface area (TPSA) is 34.1 Å². The zero-order chi connectivity index (χ0) is 15.5. The molecule has 0 saturated carbocycles. The third-order valence-electron chi connectivity index (χ3n) is 3.64. The number of halogens is 1. The van der Waals surface area contributed by atoms with Crippen LogP contribution in [0, 0.1) is 0 Å². The number of benzene rings is 2. The summed E-state index contributed by atoms with van der Waals surface area (Å²) in [6.45, 7) is 1.73. The van der Waals surface area contributed by atoms with Gasteiger partial charge >= 0.3 is 0 Å². The first-order valence-electron chi connectivity index (χ1n) is 6.83. The SMILES string of the molecule is CC(C(Br)c1ccc(Cc2ccccc2)cc1)S(C)(=O)=O. The molecule has 112 valence electrons. The van der Waals surface area contributed by atoms with E-state index >= 15 is 0 Å². The van der Waals surface area contributed by atoms with E-state index in [2.05, 4.69) is 40.2 Å². The highest BCUT2D eigenvalue weighted by Crippen LogP contribution is 2.30. The normalized spacial score (nSPS) is 14.6. The molecule has 0 aliphatic rings. The number of rotatable bonds is 5. The molecule has 0 saturated heterocycles. The van der Waals surface area contributed by atoms with Crippen LogP contribution in [0.5, 0.6) is 0 Å². The fourth-order valence-corrected chi connectivity index (χ4v) is 4.21. The van der Waals surface area contributed by atoms with Crippen molar-refractivity contribution in [3.63, 3.8) is 0 Å². The fourth-order valence-electron chi connectivity index (χ4n) is 2.14. The molecular formula is C17H19BrO2S. The third kappa shape index (κ3) is 4.42. The second-order valence-corrected chi connectivity index (χ2v) is 8.73. The zero-order valence-corrected chi connectivity index (χ0v) is 14.6. The molecule has 0 heterocycles. The number of hydrogen-bond acceptors (Lipinski definition) is 2. The Morgan fingerprint density at radius 2 is 1.48 bits per heavy atom. The molecule has 0 aliphatic carbocycles. The van der Waals surface area contributed by atoms with Crippen molar-refractivity contribution in [3.8, 4) is 0 Å². The lowest BCUT2D eigenvalue weighted by molar-refractivity contribution is 0.588. The maximum absolute atomic E-state index is 11.6. The van der Waals surface area contributed by atoms with Gasteiger partial charge in [-0.15, -0.1) is 0 Å². The summed E-state index contributed by atoms with van der Waals surface area (Å²) in [5, 5.41) is -0.447. The molecule has 0 amide bonds. The second kappa shape index (κ2) is 6.75. The van der Waals surface area contributed by atoms with Crippen LogP contribution < -0.4 is 0 Å². The molecular weight excluding hydrogens is 348 g/mol. The van der Waals surface area contributed by atoms with E-state index in [0.717, 1.165) is 12.0 Å². The van der Waals surface area contributed by atoms with E-state index in [-0.39, 0.29) is 4.83 Å². The first kappa shape index (κ1) is 16.2. The lowest BCUT2D eigenvalue weighted by atomic mass is 10.0. The largest absolute Gasteiger partial charge is 0.229 e. The van der Waals surface area contributed by atoms with Crippen LogP contribution >= 0.6 is 15.9 Å². The summed E-state index contributed by atoms with van der Waals surface area (Å²) in [7, 11) is -3.06. The Labute approximate surface area is 135 Å². The van der Waals surface area contributed by atoms with Gasteiger partial charge in [-0.05, 0) is 30.0 Å². The Morgan fingerprint density at radius 3 is 2.00 bits per heavy atom. The minimum atomic E-state index is -3.06. The first-order chi connectivity index (χ1) is 9.88. The molecule has 0 spiro atoms. The number of alkyl halides is 1. The van der Waals surface area contributed by atoms with Crippen LogP contribution in [-0.2, 0) is 16.3 Å². The quantitative estimate of drug-likeness (QED) is 0.744. The molecule has 2 rings (SSSR count). The van der Waals surface area contributed by atoms with Crippen molar-refractivity contribution in [1.82, 2.24) is 0 Å². The standard InChI is InChI=1S/C17H19BrO2S/c1-13(21(2,19)20)17(18)16-10-8-15(9-11-16)12-14-6-4-3-5-7-14/h3-11,13,17H,12H2,1-2H3. The summed E-state index contributed by atoms with van der Waals surface area (Å²) >= 11 is 3.50. The number of sulfone groups is 1. The summed E-state index contributed by atoms with van der Waals surface area (Å²) in [5.41, 5.74) is 3.48. The molecule has 0 fully saturated rings. The number of hydrogen-bond donors (Lipinski definition) is 0. The summed E-state index contributed by atoms with van der Waals surface area (Å²) < 4.78 is 23.2. The highest BCUT2D eigenvalue weighted by atomic mass is 79.9. The molecule has 0 aliphatic heterocycles. The Morgan fingerprint density at radius 1 is 0.952 bits per heavy atom. The van der Waals surface area contributed by atoms with E-state index in [9.17, 15) is 8.42 Å². The van der Waals surface area contributed by atoms with Crippen LogP contribution in [0.1, 0.15) is 28.4 Å². The average Bonchev–Trinajstić information content (AvgIpc) is 2.46. The van der Waals surface area contributed by atoms with Crippen molar-refractivity contribution in [2.24, 2.45) is 0 Å². The summed E-state index contributed by atoms with van der Waals surface area (Å²) in [6, 6.07) is 18.4. The molecule has 0 radical (unpaired) electrons. The van der Waals surface area contributed by atoms with E-state index < -0.39 is 15.1 Å². The first-order valence-corrected chi connectivity index (χ1v) is 9.70. The minimum absolute atomic E-state index is 0.182. The van der Waals surface area contributed by atoms with Crippen LogP contribution in [-0.4, -0.2) is 19.9 Å². The minimum Gasteiger partial charge on any atom is -0.229 e. The second-order valence-electron chi connectivity index (χ2n) is 5.34. The molecule has 2 nitrogen and oxygen atoms in total. The van der Waals surface area contributed by atoms with E-state index in [1.807, 2.05) is 30.3 Å². The van der Waals surface area contributed by atoms with Gasteiger partial charge in [-0.25, -0.2) is 8.42 Å². The van der Waals surface area contributed by atoms with E-state index in [0.29, 0.717) is 0 Å². The van der Waals surface area contributed by atoms with Crippen molar-refractivity contribution in [3.05, 3.63) is 71.3 Å². The predicted octanol–water partition coefficient (Wildman–Crippen LogP) is 4.15.